The van der Waals surface area contributed by atoms with E-state index >= 15 is 0 Å². The summed E-state index contributed by atoms with van der Waals surface area (Å²) < 4.78 is 7.66. The monoisotopic (exact) mass is 288 g/mol. The van der Waals surface area contributed by atoms with Crippen LogP contribution in [0.2, 0.25) is 0 Å². The minimum absolute atomic E-state index is 0.627. The molecule has 2 rings (SSSR count). The van der Waals surface area contributed by atoms with E-state index in [2.05, 4.69) is 39.5 Å². The van der Waals surface area contributed by atoms with Crippen LogP contribution in [-0.2, 0) is 13.1 Å². The minimum atomic E-state index is 0.627. The van der Waals surface area contributed by atoms with Crippen molar-refractivity contribution in [2.45, 2.75) is 33.9 Å². The molecule has 0 radical (unpaired) electrons. The Morgan fingerprint density at radius 2 is 2.00 bits per heavy atom. The third-order valence-corrected chi connectivity index (χ3v) is 3.22. The molecule has 5 nitrogen and oxygen atoms in total. The molecule has 5 heteroatoms. The Morgan fingerprint density at radius 1 is 1.24 bits per heavy atom. The molecule has 0 aromatic carbocycles. The van der Waals surface area contributed by atoms with Gasteiger partial charge in [-0.1, -0.05) is 0 Å². The first kappa shape index (κ1) is 15.2. The summed E-state index contributed by atoms with van der Waals surface area (Å²) in [5.74, 6) is 2.71. The van der Waals surface area contributed by atoms with Crippen LogP contribution in [0.15, 0.2) is 40.0 Å². The molecule has 2 heterocycles. The van der Waals surface area contributed by atoms with Crippen LogP contribution in [0, 0.1) is 13.8 Å². The summed E-state index contributed by atoms with van der Waals surface area (Å²) in [4.78, 5) is 4.60. The van der Waals surface area contributed by atoms with Gasteiger partial charge < -0.3 is 19.6 Å². The zero-order valence-corrected chi connectivity index (χ0v) is 13.0. The van der Waals surface area contributed by atoms with Gasteiger partial charge in [0.1, 0.15) is 11.5 Å². The summed E-state index contributed by atoms with van der Waals surface area (Å²) in [6, 6.07) is 6.11. The Hall–Kier alpha value is -2.17. The topological polar surface area (TPSA) is 54.5 Å². The summed E-state index contributed by atoms with van der Waals surface area (Å²) in [6.07, 6.45) is 4.12. The van der Waals surface area contributed by atoms with Gasteiger partial charge in [-0.15, -0.1) is 0 Å². The predicted octanol–water partition coefficient (Wildman–Crippen LogP) is 2.45. The van der Waals surface area contributed by atoms with E-state index in [0.29, 0.717) is 6.54 Å². The van der Waals surface area contributed by atoms with Crippen molar-refractivity contribution in [3.8, 4) is 0 Å². The van der Waals surface area contributed by atoms with Crippen molar-refractivity contribution in [1.82, 2.24) is 15.2 Å². The predicted molar refractivity (Wildman–Crippen MR) is 85.4 cm³/mol. The van der Waals surface area contributed by atoms with Crippen molar-refractivity contribution in [3.63, 3.8) is 0 Å². The molecule has 0 saturated heterocycles. The van der Waals surface area contributed by atoms with E-state index in [1.54, 1.807) is 0 Å². The Labute approximate surface area is 126 Å². The molecule has 0 spiro atoms. The molecule has 2 aromatic heterocycles. The summed E-state index contributed by atoms with van der Waals surface area (Å²) in [5.41, 5.74) is 1.13. The Kier molecular flexibility index (Phi) is 5.49. The number of hydrogen-bond donors (Lipinski definition) is 2. The average molecular weight is 288 g/mol. The van der Waals surface area contributed by atoms with Gasteiger partial charge >= 0.3 is 0 Å². The largest absolute Gasteiger partial charge is 0.466 e. The molecule has 0 atom stereocenters. The number of rotatable bonds is 6. The van der Waals surface area contributed by atoms with E-state index in [1.165, 1.54) is 0 Å². The van der Waals surface area contributed by atoms with Crippen LogP contribution in [0.3, 0.4) is 0 Å². The van der Waals surface area contributed by atoms with Crippen molar-refractivity contribution in [2.24, 2.45) is 4.99 Å². The number of nitrogens with one attached hydrogen (secondary N) is 2. The number of nitrogens with zero attached hydrogens (tertiary/aromatic N) is 2. The molecule has 0 aliphatic carbocycles. The molecule has 0 aliphatic rings. The Balaban J connectivity index is 1.88. The number of aromatic nitrogens is 1. The van der Waals surface area contributed by atoms with Gasteiger partial charge in [-0.05, 0) is 39.0 Å². The lowest BCUT2D eigenvalue weighted by Crippen LogP contribution is -2.38. The summed E-state index contributed by atoms with van der Waals surface area (Å²) >= 11 is 0. The maximum atomic E-state index is 5.52. The number of furan rings is 1. The van der Waals surface area contributed by atoms with Crippen molar-refractivity contribution >= 4 is 5.96 Å². The van der Waals surface area contributed by atoms with E-state index in [4.69, 9.17) is 4.42 Å². The van der Waals surface area contributed by atoms with Gasteiger partial charge in [0.05, 0.1) is 6.54 Å². The summed E-state index contributed by atoms with van der Waals surface area (Å²) in [6.45, 7) is 9.23. The van der Waals surface area contributed by atoms with E-state index in [0.717, 1.165) is 42.7 Å². The smallest absolute Gasteiger partial charge is 0.191 e. The van der Waals surface area contributed by atoms with E-state index in [-0.39, 0.29) is 0 Å². The van der Waals surface area contributed by atoms with Crippen molar-refractivity contribution < 1.29 is 4.42 Å². The molecule has 2 aromatic rings. The molecule has 0 unspecified atom stereocenters. The lowest BCUT2D eigenvalue weighted by atomic mass is 10.2. The van der Waals surface area contributed by atoms with Crippen LogP contribution < -0.4 is 10.6 Å². The highest BCUT2D eigenvalue weighted by atomic mass is 16.3. The van der Waals surface area contributed by atoms with Gasteiger partial charge in [0.15, 0.2) is 5.96 Å². The standard InChI is InChI=1S/C16H24N4O/c1-4-17-16(18-7-10-20-8-5-6-9-20)19-12-15-11-13(2)21-14(15)3/h5-6,8-9,11H,4,7,10,12H2,1-3H3,(H2,17,18,19). The Morgan fingerprint density at radius 3 is 2.62 bits per heavy atom. The number of aryl methyl sites for hydroxylation is 2. The molecule has 114 valence electrons. The lowest BCUT2D eigenvalue weighted by Gasteiger charge is -2.11. The van der Waals surface area contributed by atoms with Crippen molar-refractivity contribution in [2.75, 3.05) is 13.1 Å². The molecule has 0 aliphatic heterocycles. The van der Waals surface area contributed by atoms with Crippen molar-refractivity contribution in [3.05, 3.63) is 47.7 Å². The van der Waals surface area contributed by atoms with Crippen LogP contribution >= 0.6 is 0 Å². The first-order chi connectivity index (χ1) is 10.2. The average Bonchev–Trinajstić information content (AvgIpc) is 3.06. The van der Waals surface area contributed by atoms with Crippen LogP contribution in [0.4, 0.5) is 0 Å². The van der Waals surface area contributed by atoms with Crippen LogP contribution in [0.5, 0.6) is 0 Å². The fraction of sp³-hybridized carbons (Fsp3) is 0.438. The number of guanidine groups is 1. The number of hydrogen-bond acceptors (Lipinski definition) is 2. The first-order valence-electron chi connectivity index (χ1n) is 7.38. The van der Waals surface area contributed by atoms with Gasteiger partial charge in [0.2, 0.25) is 0 Å². The van der Waals surface area contributed by atoms with Crippen LogP contribution in [0.1, 0.15) is 24.0 Å². The molecule has 0 bridgehead atoms. The highest BCUT2D eigenvalue weighted by Crippen LogP contribution is 2.14. The molecule has 0 amide bonds. The second-order valence-electron chi connectivity index (χ2n) is 4.98. The molecular formula is C16H24N4O. The summed E-state index contributed by atoms with van der Waals surface area (Å²) in [7, 11) is 0. The maximum absolute atomic E-state index is 5.52. The SMILES string of the molecule is CCNC(=NCc1cc(C)oc1C)NCCn1cccc1. The quantitative estimate of drug-likeness (QED) is 0.634. The molecule has 0 fully saturated rings. The zero-order valence-electron chi connectivity index (χ0n) is 13.0. The number of aliphatic imine (C=N–C) groups is 1. The van der Waals surface area contributed by atoms with Gasteiger partial charge in [-0.2, -0.15) is 0 Å². The van der Waals surface area contributed by atoms with Gasteiger partial charge in [0.25, 0.3) is 0 Å². The third kappa shape index (κ3) is 4.70. The first-order valence-corrected chi connectivity index (χ1v) is 7.38. The highest BCUT2D eigenvalue weighted by Gasteiger charge is 2.04. The maximum Gasteiger partial charge on any atom is 0.191 e. The molecule has 21 heavy (non-hydrogen) atoms. The lowest BCUT2D eigenvalue weighted by molar-refractivity contribution is 0.501. The fourth-order valence-electron chi connectivity index (χ4n) is 2.17. The fourth-order valence-corrected chi connectivity index (χ4v) is 2.17. The zero-order chi connectivity index (χ0) is 15.1. The van der Waals surface area contributed by atoms with Gasteiger partial charge in [-0.25, -0.2) is 4.99 Å². The minimum Gasteiger partial charge on any atom is -0.466 e. The second kappa shape index (κ2) is 7.57. The van der Waals surface area contributed by atoms with E-state index in [9.17, 15) is 0 Å². The van der Waals surface area contributed by atoms with Gasteiger partial charge in [0, 0.05) is 37.6 Å². The molecular weight excluding hydrogens is 264 g/mol. The van der Waals surface area contributed by atoms with E-state index < -0.39 is 0 Å². The molecule has 0 saturated carbocycles. The van der Waals surface area contributed by atoms with Gasteiger partial charge in [-0.3, -0.25) is 0 Å². The van der Waals surface area contributed by atoms with Crippen LogP contribution in [0.25, 0.3) is 0 Å². The van der Waals surface area contributed by atoms with E-state index in [1.807, 2.05) is 32.0 Å². The third-order valence-electron chi connectivity index (χ3n) is 3.22. The second-order valence-corrected chi connectivity index (χ2v) is 4.98. The normalized spacial score (nSPS) is 11.7. The highest BCUT2D eigenvalue weighted by molar-refractivity contribution is 5.79. The molecule has 2 N–H and O–H groups in total. The Bertz CT molecular complexity index is 569. The summed E-state index contributed by atoms with van der Waals surface area (Å²) in [5, 5.41) is 6.60. The van der Waals surface area contributed by atoms with Crippen LogP contribution in [-0.4, -0.2) is 23.6 Å². The van der Waals surface area contributed by atoms with Crippen molar-refractivity contribution in [1.29, 1.82) is 0 Å².